The van der Waals surface area contributed by atoms with E-state index in [1.165, 1.54) is 0 Å². The SMILES string of the molecule is CN(C)c1cccc(NC(=O)c2ccc(OC/C(=C/F)CN)cc2)c1.O=C(O)C(F)(F)F. The number of carbonyl (C=O) groups is 2. The maximum Gasteiger partial charge on any atom is 0.490 e. The van der Waals surface area contributed by atoms with E-state index in [2.05, 4.69) is 5.32 Å². The molecule has 4 N–H and O–H groups in total. The van der Waals surface area contributed by atoms with Gasteiger partial charge in [0.15, 0.2) is 0 Å². The van der Waals surface area contributed by atoms with E-state index in [0.29, 0.717) is 23.2 Å². The van der Waals surface area contributed by atoms with Crippen LogP contribution in [0, 0.1) is 0 Å². The average molecular weight is 457 g/mol. The lowest BCUT2D eigenvalue weighted by Crippen LogP contribution is -2.21. The number of nitrogens with one attached hydrogen (secondary N) is 1. The molecule has 0 radical (unpaired) electrons. The predicted octanol–water partition coefficient (Wildman–Crippen LogP) is 3.83. The number of hydrogen-bond acceptors (Lipinski definition) is 5. The van der Waals surface area contributed by atoms with Gasteiger partial charge in [0.25, 0.3) is 5.91 Å². The van der Waals surface area contributed by atoms with Gasteiger partial charge in [0.05, 0.1) is 6.33 Å². The Labute approximate surface area is 182 Å². The van der Waals surface area contributed by atoms with Crippen molar-refractivity contribution < 1.29 is 37.0 Å². The van der Waals surface area contributed by atoms with Crippen LogP contribution in [0.1, 0.15) is 10.4 Å². The van der Waals surface area contributed by atoms with E-state index >= 15 is 0 Å². The van der Waals surface area contributed by atoms with Gasteiger partial charge in [0, 0.05) is 43.2 Å². The van der Waals surface area contributed by atoms with Crippen LogP contribution in [0.25, 0.3) is 0 Å². The van der Waals surface area contributed by atoms with E-state index in [1.54, 1.807) is 24.3 Å². The molecule has 0 aliphatic rings. The van der Waals surface area contributed by atoms with Crippen molar-refractivity contribution in [2.45, 2.75) is 6.18 Å². The lowest BCUT2D eigenvalue weighted by Gasteiger charge is -2.14. The number of hydrogen-bond donors (Lipinski definition) is 3. The van der Waals surface area contributed by atoms with Gasteiger partial charge in [0.1, 0.15) is 12.4 Å². The Hall–Kier alpha value is -3.60. The van der Waals surface area contributed by atoms with Crippen molar-refractivity contribution in [2.75, 3.05) is 37.5 Å². The largest absolute Gasteiger partial charge is 0.490 e. The molecule has 7 nitrogen and oxygen atoms in total. The lowest BCUT2D eigenvalue weighted by molar-refractivity contribution is -0.192. The van der Waals surface area contributed by atoms with Gasteiger partial charge in [-0.3, -0.25) is 4.79 Å². The van der Waals surface area contributed by atoms with E-state index in [-0.39, 0.29) is 19.1 Å². The lowest BCUT2D eigenvalue weighted by atomic mass is 10.2. The Bertz CT molecular complexity index is 929. The minimum atomic E-state index is -5.08. The quantitative estimate of drug-likeness (QED) is 0.546. The van der Waals surface area contributed by atoms with Crippen molar-refractivity contribution >= 4 is 23.3 Å². The number of nitrogens with two attached hydrogens (primary N) is 1. The zero-order valence-electron chi connectivity index (χ0n) is 17.3. The van der Waals surface area contributed by atoms with Gasteiger partial charge in [-0.2, -0.15) is 13.2 Å². The van der Waals surface area contributed by atoms with Gasteiger partial charge in [-0.25, -0.2) is 9.18 Å². The molecule has 0 unspecified atom stereocenters. The third kappa shape index (κ3) is 9.04. The molecule has 174 valence electrons. The summed E-state index contributed by atoms with van der Waals surface area (Å²) in [6.07, 6.45) is -4.64. The third-order valence-electron chi connectivity index (χ3n) is 3.82. The Morgan fingerprint density at radius 2 is 1.75 bits per heavy atom. The number of nitrogens with zero attached hydrogens (tertiary/aromatic N) is 1. The first kappa shape index (κ1) is 26.4. The monoisotopic (exact) mass is 457 g/mol. The molecule has 0 bridgehead atoms. The summed E-state index contributed by atoms with van der Waals surface area (Å²) in [5, 5.41) is 9.98. The molecule has 0 aliphatic carbocycles. The minimum Gasteiger partial charge on any atom is -0.489 e. The topological polar surface area (TPSA) is 105 Å². The second kappa shape index (κ2) is 12.3. The predicted molar refractivity (Wildman–Crippen MR) is 113 cm³/mol. The Morgan fingerprint density at radius 1 is 1.16 bits per heavy atom. The summed E-state index contributed by atoms with van der Waals surface area (Å²) in [5.41, 5.74) is 7.95. The highest BCUT2D eigenvalue weighted by Crippen LogP contribution is 2.19. The number of benzene rings is 2. The summed E-state index contributed by atoms with van der Waals surface area (Å²) in [6, 6.07) is 14.2. The molecular weight excluding hydrogens is 434 g/mol. The van der Waals surface area contributed by atoms with Gasteiger partial charge in [-0.15, -0.1) is 0 Å². The fourth-order valence-electron chi connectivity index (χ4n) is 2.08. The molecule has 0 fully saturated rings. The van der Waals surface area contributed by atoms with Crippen LogP contribution in [0.5, 0.6) is 5.75 Å². The molecule has 0 saturated heterocycles. The van der Waals surface area contributed by atoms with Crippen molar-refractivity contribution in [3.63, 3.8) is 0 Å². The maximum absolute atomic E-state index is 12.4. The van der Waals surface area contributed by atoms with E-state index in [4.69, 9.17) is 20.4 Å². The number of carbonyl (C=O) groups excluding carboxylic acids is 1. The summed E-state index contributed by atoms with van der Waals surface area (Å²) < 4.78 is 49.6. The number of rotatable bonds is 7. The molecule has 32 heavy (non-hydrogen) atoms. The van der Waals surface area contributed by atoms with Crippen LogP contribution in [-0.2, 0) is 4.79 Å². The second-order valence-electron chi connectivity index (χ2n) is 6.49. The average Bonchev–Trinajstić information content (AvgIpc) is 2.74. The number of carboxylic acid groups (broad SMARTS) is 1. The molecule has 2 rings (SSSR count). The fraction of sp³-hybridized carbons (Fsp3) is 0.238. The summed E-state index contributed by atoms with van der Waals surface area (Å²) in [7, 11) is 3.88. The van der Waals surface area contributed by atoms with E-state index in [0.717, 1.165) is 11.4 Å². The van der Waals surface area contributed by atoms with Crippen LogP contribution in [-0.4, -0.2) is 50.4 Å². The normalized spacial score (nSPS) is 11.2. The number of ether oxygens (including phenoxy) is 1. The second-order valence-corrected chi connectivity index (χ2v) is 6.49. The van der Waals surface area contributed by atoms with E-state index in [1.807, 2.05) is 43.3 Å². The zero-order chi connectivity index (χ0) is 24.3. The Morgan fingerprint density at radius 3 is 2.22 bits per heavy atom. The summed E-state index contributed by atoms with van der Waals surface area (Å²) in [4.78, 5) is 23.2. The molecule has 1 amide bonds. The molecule has 0 spiro atoms. The van der Waals surface area contributed by atoms with Crippen LogP contribution in [0.15, 0.2) is 60.4 Å². The molecular formula is C21H23F4N3O4. The number of alkyl halides is 3. The van der Waals surface area contributed by atoms with E-state index in [9.17, 15) is 22.4 Å². The third-order valence-corrected chi connectivity index (χ3v) is 3.82. The van der Waals surface area contributed by atoms with Crippen LogP contribution in [0.3, 0.4) is 0 Å². The van der Waals surface area contributed by atoms with Crippen LogP contribution >= 0.6 is 0 Å². The molecule has 0 saturated carbocycles. The van der Waals surface area contributed by atoms with Crippen LogP contribution < -0.4 is 20.7 Å². The van der Waals surface area contributed by atoms with Crippen molar-refractivity contribution in [1.29, 1.82) is 0 Å². The standard InChI is InChI=1S/C19H22FN3O2.C2HF3O2/c1-23(2)17-5-3-4-16(10-17)22-19(24)15-6-8-18(9-7-15)25-13-14(11-20)12-21;3-2(4,5)1(6)7/h3-11H,12-13,21H2,1-2H3,(H,22,24);(H,6,7)/b14-11+;. The summed E-state index contributed by atoms with van der Waals surface area (Å²) >= 11 is 0. The van der Waals surface area contributed by atoms with Crippen molar-refractivity contribution in [1.82, 2.24) is 0 Å². The number of halogens is 4. The minimum absolute atomic E-state index is 0.0792. The molecule has 0 aromatic heterocycles. The van der Waals surface area contributed by atoms with Crippen LogP contribution in [0.4, 0.5) is 28.9 Å². The zero-order valence-corrected chi connectivity index (χ0v) is 17.3. The molecule has 0 heterocycles. The van der Waals surface area contributed by atoms with E-state index < -0.39 is 12.1 Å². The molecule has 0 atom stereocenters. The number of aliphatic carboxylic acids is 1. The van der Waals surface area contributed by atoms with Gasteiger partial charge < -0.3 is 25.8 Å². The van der Waals surface area contributed by atoms with Gasteiger partial charge in [0.2, 0.25) is 0 Å². The van der Waals surface area contributed by atoms with Crippen molar-refractivity contribution in [3.8, 4) is 5.75 Å². The number of anilines is 2. The van der Waals surface area contributed by atoms with Gasteiger partial charge >= 0.3 is 12.1 Å². The van der Waals surface area contributed by atoms with Gasteiger partial charge in [-0.05, 0) is 42.5 Å². The maximum atomic E-state index is 12.4. The molecule has 11 heteroatoms. The molecule has 2 aromatic carbocycles. The Kier molecular flexibility index (Phi) is 10.2. The highest BCUT2D eigenvalue weighted by Gasteiger charge is 2.38. The number of amides is 1. The van der Waals surface area contributed by atoms with Crippen molar-refractivity contribution in [2.24, 2.45) is 5.73 Å². The molecule has 0 aliphatic heterocycles. The Balaban J connectivity index is 0.000000633. The summed E-state index contributed by atoms with van der Waals surface area (Å²) in [5.74, 6) is -2.43. The fourth-order valence-corrected chi connectivity index (χ4v) is 2.08. The molecule has 2 aromatic rings. The first-order chi connectivity index (χ1) is 15.0. The first-order valence-electron chi connectivity index (χ1n) is 9.07. The van der Waals surface area contributed by atoms with Crippen LogP contribution in [0.2, 0.25) is 0 Å². The highest BCUT2D eigenvalue weighted by atomic mass is 19.4. The highest BCUT2D eigenvalue weighted by molar-refractivity contribution is 6.04. The van der Waals surface area contributed by atoms with Crippen molar-refractivity contribution in [3.05, 3.63) is 66.0 Å². The summed E-state index contributed by atoms with van der Waals surface area (Å²) in [6.45, 7) is 0.179. The number of carboxylic acids is 1. The smallest absolute Gasteiger partial charge is 0.489 e. The first-order valence-corrected chi connectivity index (χ1v) is 9.07. The van der Waals surface area contributed by atoms with Gasteiger partial charge in [-0.1, -0.05) is 6.07 Å².